The van der Waals surface area contributed by atoms with Gasteiger partial charge in [0.2, 0.25) is 5.91 Å². The number of nitrogens with zero attached hydrogens (tertiary/aromatic N) is 3. The summed E-state index contributed by atoms with van der Waals surface area (Å²) in [4.78, 5) is 26.4. The predicted octanol–water partition coefficient (Wildman–Crippen LogP) is 1.79. The van der Waals surface area contributed by atoms with Crippen molar-refractivity contribution in [3.8, 4) is 0 Å². The van der Waals surface area contributed by atoms with Crippen molar-refractivity contribution >= 4 is 17.5 Å². The number of aryl methyl sites for hydroxylation is 1. The van der Waals surface area contributed by atoms with Crippen molar-refractivity contribution in [3.05, 3.63) is 47.8 Å². The molecule has 0 bridgehead atoms. The second-order valence-corrected chi connectivity index (χ2v) is 7.48. The maximum Gasteiger partial charge on any atom is 0.251 e. The molecule has 2 heterocycles. The van der Waals surface area contributed by atoms with Gasteiger partial charge in [0.25, 0.3) is 5.91 Å². The fourth-order valence-corrected chi connectivity index (χ4v) is 3.91. The summed E-state index contributed by atoms with van der Waals surface area (Å²) in [6, 6.07) is 6.99. The van der Waals surface area contributed by atoms with E-state index in [1.54, 1.807) is 27.9 Å². The zero-order valence-electron chi connectivity index (χ0n) is 15.3. The number of amides is 2. The minimum Gasteiger partial charge on any atom is -0.393 e. The average Bonchev–Trinajstić information content (AvgIpc) is 3.25. The van der Waals surface area contributed by atoms with Crippen LogP contribution in [0.15, 0.2) is 36.7 Å². The normalized spacial score (nSPS) is 23.2. The van der Waals surface area contributed by atoms with Gasteiger partial charge in [-0.25, -0.2) is 0 Å². The summed E-state index contributed by atoms with van der Waals surface area (Å²) in [5.74, 6) is 0.173. The van der Waals surface area contributed by atoms with Crippen LogP contribution in [0.3, 0.4) is 0 Å². The molecule has 142 valence electrons. The molecule has 2 aliphatic rings. The Morgan fingerprint density at radius 3 is 2.59 bits per heavy atom. The number of benzene rings is 1. The Morgan fingerprint density at radius 1 is 1.30 bits per heavy atom. The molecule has 7 heteroatoms. The Balaban J connectivity index is 1.48. The van der Waals surface area contributed by atoms with Crippen molar-refractivity contribution in [2.75, 3.05) is 11.4 Å². The maximum atomic E-state index is 12.8. The quantitative estimate of drug-likeness (QED) is 0.842. The highest BCUT2D eigenvalue weighted by Crippen LogP contribution is 2.38. The van der Waals surface area contributed by atoms with Gasteiger partial charge in [0.15, 0.2) is 0 Å². The number of nitrogens with one attached hydrogen (secondary N) is 1. The van der Waals surface area contributed by atoms with Crippen molar-refractivity contribution in [2.45, 2.75) is 37.8 Å². The third-order valence-corrected chi connectivity index (χ3v) is 5.51. The van der Waals surface area contributed by atoms with Gasteiger partial charge in [-0.2, -0.15) is 5.10 Å². The van der Waals surface area contributed by atoms with Crippen LogP contribution in [0, 0.1) is 5.92 Å². The van der Waals surface area contributed by atoms with E-state index in [9.17, 15) is 14.7 Å². The summed E-state index contributed by atoms with van der Waals surface area (Å²) in [7, 11) is 1.84. The van der Waals surface area contributed by atoms with Gasteiger partial charge in [0.05, 0.1) is 18.3 Å². The van der Waals surface area contributed by atoms with Gasteiger partial charge in [0, 0.05) is 43.0 Å². The van der Waals surface area contributed by atoms with Crippen LogP contribution in [0.2, 0.25) is 0 Å². The molecule has 2 N–H and O–H groups in total. The standard InChI is InChI=1S/C20H24N4O3/c1-23-12-15(11-21-23)19(14-9-17(25)10-14)22-20(27)13-4-6-16(7-5-13)24-8-2-3-18(24)26/h4-7,11-12,14,17,19,25H,2-3,8-10H2,1H3,(H,22,27)/t14?,17?,19-/m0/s1. The van der Waals surface area contributed by atoms with Gasteiger partial charge < -0.3 is 15.3 Å². The first-order valence-electron chi connectivity index (χ1n) is 9.39. The largest absolute Gasteiger partial charge is 0.393 e. The molecule has 4 rings (SSSR count). The lowest BCUT2D eigenvalue weighted by Gasteiger charge is -2.37. The number of hydrogen-bond donors (Lipinski definition) is 2. The van der Waals surface area contributed by atoms with Crippen LogP contribution in [0.1, 0.15) is 47.6 Å². The van der Waals surface area contributed by atoms with E-state index in [1.165, 1.54) is 0 Å². The van der Waals surface area contributed by atoms with Gasteiger partial charge in [-0.05, 0) is 49.4 Å². The molecule has 7 nitrogen and oxygen atoms in total. The minimum atomic E-state index is -0.289. The van der Waals surface area contributed by atoms with E-state index in [4.69, 9.17) is 0 Å². The summed E-state index contributed by atoms with van der Waals surface area (Å²) in [6.45, 7) is 0.734. The van der Waals surface area contributed by atoms with Crippen molar-refractivity contribution < 1.29 is 14.7 Å². The molecule has 2 aromatic rings. The zero-order valence-corrected chi connectivity index (χ0v) is 15.3. The smallest absolute Gasteiger partial charge is 0.251 e. The molecule has 0 unspecified atom stereocenters. The Kier molecular flexibility index (Phi) is 4.70. The number of hydrogen-bond acceptors (Lipinski definition) is 4. The van der Waals surface area contributed by atoms with Crippen molar-refractivity contribution in [2.24, 2.45) is 13.0 Å². The van der Waals surface area contributed by atoms with Crippen LogP contribution in [-0.4, -0.2) is 39.4 Å². The van der Waals surface area contributed by atoms with E-state index in [2.05, 4.69) is 10.4 Å². The topological polar surface area (TPSA) is 87.5 Å². The van der Waals surface area contributed by atoms with Crippen molar-refractivity contribution in [1.29, 1.82) is 0 Å². The van der Waals surface area contributed by atoms with Crippen molar-refractivity contribution in [3.63, 3.8) is 0 Å². The highest BCUT2D eigenvalue weighted by Gasteiger charge is 2.36. The second-order valence-electron chi connectivity index (χ2n) is 7.48. The molecule has 0 spiro atoms. The third kappa shape index (κ3) is 3.60. The molecule has 0 radical (unpaired) electrons. The molecule has 1 atom stereocenters. The van der Waals surface area contributed by atoms with Crippen molar-refractivity contribution in [1.82, 2.24) is 15.1 Å². The predicted molar refractivity (Wildman–Crippen MR) is 100 cm³/mol. The van der Waals surface area contributed by atoms with Crippen LogP contribution in [0.4, 0.5) is 5.69 Å². The fourth-order valence-electron chi connectivity index (χ4n) is 3.91. The summed E-state index contributed by atoms with van der Waals surface area (Å²) in [6.07, 6.45) is 6.19. The molecule has 1 aliphatic heterocycles. The first-order chi connectivity index (χ1) is 13.0. The highest BCUT2D eigenvalue weighted by atomic mass is 16.3. The summed E-state index contributed by atoms with van der Waals surface area (Å²) in [5.41, 5.74) is 2.33. The molecular weight excluding hydrogens is 344 g/mol. The Bertz CT molecular complexity index is 839. The van der Waals surface area contributed by atoms with E-state index in [1.807, 2.05) is 25.4 Å². The second kappa shape index (κ2) is 7.15. The van der Waals surface area contributed by atoms with Crippen LogP contribution in [0.5, 0.6) is 0 Å². The number of aliphatic hydroxyl groups excluding tert-OH is 1. The maximum absolute atomic E-state index is 12.8. The molecule has 1 saturated carbocycles. The number of aromatic nitrogens is 2. The Labute approximate surface area is 158 Å². The monoisotopic (exact) mass is 368 g/mol. The van der Waals surface area contributed by atoms with Gasteiger partial charge in [-0.15, -0.1) is 0 Å². The van der Waals surface area contributed by atoms with Gasteiger partial charge >= 0.3 is 0 Å². The van der Waals surface area contributed by atoms with Crippen LogP contribution in [-0.2, 0) is 11.8 Å². The van der Waals surface area contributed by atoms with Crippen LogP contribution in [0.25, 0.3) is 0 Å². The van der Waals surface area contributed by atoms with Gasteiger partial charge in [0.1, 0.15) is 0 Å². The van der Waals surface area contributed by atoms with Gasteiger partial charge in [-0.1, -0.05) is 0 Å². The molecule has 1 aromatic carbocycles. The lowest BCUT2D eigenvalue weighted by Crippen LogP contribution is -2.41. The zero-order chi connectivity index (χ0) is 19.0. The van der Waals surface area contributed by atoms with Crippen LogP contribution < -0.4 is 10.2 Å². The number of aliphatic hydroxyl groups is 1. The summed E-state index contributed by atoms with van der Waals surface area (Å²) >= 11 is 0. The molecular formula is C20H24N4O3. The third-order valence-electron chi connectivity index (χ3n) is 5.51. The lowest BCUT2D eigenvalue weighted by molar-refractivity contribution is -0.117. The summed E-state index contributed by atoms with van der Waals surface area (Å²) < 4.78 is 1.71. The number of carbonyl (C=O) groups is 2. The number of rotatable bonds is 5. The number of anilines is 1. The molecule has 1 saturated heterocycles. The minimum absolute atomic E-state index is 0.132. The Hall–Kier alpha value is -2.67. The molecule has 27 heavy (non-hydrogen) atoms. The Morgan fingerprint density at radius 2 is 2.04 bits per heavy atom. The SMILES string of the molecule is Cn1cc([C@@H](NC(=O)c2ccc(N3CCCC3=O)cc2)C2CC(O)C2)cn1. The fraction of sp³-hybridized carbons (Fsp3) is 0.450. The van der Waals surface area contributed by atoms with Gasteiger partial charge in [-0.3, -0.25) is 14.3 Å². The number of carbonyl (C=O) groups excluding carboxylic acids is 2. The first kappa shape index (κ1) is 17.7. The first-order valence-corrected chi connectivity index (χ1v) is 9.39. The molecule has 1 aliphatic carbocycles. The van der Waals surface area contributed by atoms with E-state index in [0.29, 0.717) is 24.8 Å². The van der Waals surface area contributed by atoms with E-state index in [-0.39, 0.29) is 29.9 Å². The molecule has 2 amide bonds. The molecule has 2 fully saturated rings. The van der Waals surface area contributed by atoms with E-state index >= 15 is 0 Å². The lowest BCUT2D eigenvalue weighted by atomic mass is 9.75. The highest BCUT2D eigenvalue weighted by molar-refractivity contribution is 5.97. The molecule has 1 aromatic heterocycles. The van der Waals surface area contributed by atoms with Crippen LogP contribution >= 0.6 is 0 Å². The van der Waals surface area contributed by atoms with E-state index < -0.39 is 0 Å². The van der Waals surface area contributed by atoms with E-state index in [0.717, 1.165) is 24.2 Å². The summed E-state index contributed by atoms with van der Waals surface area (Å²) in [5, 5.41) is 17.0. The average molecular weight is 368 g/mol.